The fraction of sp³-hybridized carbons (Fsp3) is 0.500. The molecule has 2 N–H and O–H groups in total. The minimum absolute atomic E-state index is 0.139. The molecule has 0 radical (unpaired) electrons. The average Bonchev–Trinajstić information content (AvgIpc) is 3.23. The van der Waals surface area contributed by atoms with Crippen LogP contribution in [0.15, 0.2) is 17.3 Å². The Kier molecular flexibility index (Phi) is 3.24. The highest BCUT2D eigenvalue weighted by Crippen LogP contribution is 2.33. The molecule has 3 aromatic rings. The molecule has 3 aromatic heterocycles. The maximum Gasteiger partial charge on any atom is 0.287 e. The van der Waals surface area contributed by atoms with E-state index in [1.807, 2.05) is 0 Å². The number of aliphatic hydroxyl groups is 2. The molecule has 0 amide bonds. The molecule has 1 fully saturated rings. The van der Waals surface area contributed by atoms with Crippen LogP contribution in [0.3, 0.4) is 0 Å². The van der Waals surface area contributed by atoms with E-state index in [9.17, 15) is 19.4 Å². The molecule has 4 heterocycles. The number of alkyl halides is 1. The van der Waals surface area contributed by atoms with Crippen molar-refractivity contribution < 1.29 is 19.3 Å². The first kappa shape index (κ1) is 15.2. The summed E-state index contributed by atoms with van der Waals surface area (Å²) in [5.41, 5.74) is 0.764. The van der Waals surface area contributed by atoms with Gasteiger partial charge in [-0.25, -0.2) is 18.8 Å². The minimum atomic E-state index is -1.76. The summed E-state index contributed by atoms with van der Waals surface area (Å²) in [5.74, 6) is 0.388. The molecule has 1 aliphatic rings. The zero-order valence-electron chi connectivity index (χ0n) is 13.0. The Balaban J connectivity index is 1.97. The number of ether oxygens (including phenoxy) is 1. The van der Waals surface area contributed by atoms with E-state index in [-0.39, 0.29) is 11.1 Å². The molecule has 0 bridgehead atoms. The van der Waals surface area contributed by atoms with Crippen LogP contribution >= 0.6 is 0 Å². The summed E-state index contributed by atoms with van der Waals surface area (Å²) in [4.78, 5) is 20.9. The first-order chi connectivity index (χ1) is 11.4. The summed E-state index contributed by atoms with van der Waals surface area (Å²) < 4.78 is 24.2. The SMILES string of the molecule is Cc1cn2c(=O)c3ncn([C@@H]4O[C@H](CO)C(O)[C@@H]4F)c3n(C)c2n1. The quantitative estimate of drug-likeness (QED) is 0.639. The molecule has 1 saturated heterocycles. The first-order valence-corrected chi connectivity index (χ1v) is 7.43. The highest BCUT2D eigenvalue weighted by Gasteiger charge is 2.45. The molecule has 1 aliphatic heterocycles. The van der Waals surface area contributed by atoms with E-state index >= 15 is 0 Å². The number of fused-ring (bicyclic) bond motifs is 2. The number of halogens is 1. The Morgan fingerprint density at radius 3 is 2.88 bits per heavy atom. The van der Waals surface area contributed by atoms with Crippen molar-refractivity contribution in [3.05, 3.63) is 28.6 Å². The summed E-state index contributed by atoms with van der Waals surface area (Å²) in [6, 6.07) is 0. The third-order valence-corrected chi connectivity index (χ3v) is 4.36. The molecule has 128 valence electrons. The van der Waals surface area contributed by atoms with Crippen molar-refractivity contribution in [1.29, 1.82) is 0 Å². The van der Waals surface area contributed by atoms with Crippen LogP contribution in [0.1, 0.15) is 11.9 Å². The van der Waals surface area contributed by atoms with Crippen LogP contribution in [0.4, 0.5) is 4.39 Å². The van der Waals surface area contributed by atoms with Crippen LogP contribution in [0.2, 0.25) is 0 Å². The van der Waals surface area contributed by atoms with Gasteiger partial charge in [0, 0.05) is 13.2 Å². The molecule has 4 rings (SSSR count). The van der Waals surface area contributed by atoms with Gasteiger partial charge in [0.2, 0.25) is 5.78 Å². The van der Waals surface area contributed by atoms with Gasteiger partial charge in [0.25, 0.3) is 5.56 Å². The Morgan fingerprint density at radius 1 is 1.46 bits per heavy atom. The standard InChI is InChI=1S/C14H16FN5O4/c1-6-3-19-12(23)9-11(18(2)14(19)17-6)20(5-16-9)13-8(15)10(22)7(4-21)24-13/h3,5,7-8,10,13,21-22H,4H2,1-2H3/t7-,8+,10?,13-/m1/s1. The van der Waals surface area contributed by atoms with Gasteiger partial charge in [-0.1, -0.05) is 0 Å². The molecule has 9 nitrogen and oxygen atoms in total. The van der Waals surface area contributed by atoms with Crippen molar-refractivity contribution in [2.24, 2.45) is 7.05 Å². The van der Waals surface area contributed by atoms with Crippen molar-refractivity contribution in [2.45, 2.75) is 31.5 Å². The normalized spacial score (nSPS) is 27.5. The van der Waals surface area contributed by atoms with Crippen molar-refractivity contribution >= 4 is 16.9 Å². The second kappa shape index (κ2) is 5.10. The Bertz CT molecular complexity index is 993. The largest absolute Gasteiger partial charge is 0.394 e. The topological polar surface area (TPSA) is 107 Å². The smallest absolute Gasteiger partial charge is 0.287 e. The van der Waals surface area contributed by atoms with Crippen LogP contribution in [-0.4, -0.2) is 58.7 Å². The number of nitrogens with zero attached hydrogens (tertiary/aromatic N) is 5. The van der Waals surface area contributed by atoms with E-state index in [1.165, 1.54) is 15.3 Å². The fourth-order valence-corrected chi connectivity index (χ4v) is 3.18. The lowest BCUT2D eigenvalue weighted by Crippen LogP contribution is -2.30. The molecule has 10 heteroatoms. The summed E-state index contributed by atoms with van der Waals surface area (Å²) in [5, 5.41) is 19.0. The lowest BCUT2D eigenvalue weighted by molar-refractivity contribution is -0.0460. The number of aryl methyl sites for hydroxylation is 2. The first-order valence-electron chi connectivity index (χ1n) is 7.43. The van der Waals surface area contributed by atoms with E-state index in [0.29, 0.717) is 17.1 Å². The van der Waals surface area contributed by atoms with Crippen LogP contribution in [0, 0.1) is 6.92 Å². The molecule has 0 aliphatic carbocycles. The van der Waals surface area contributed by atoms with E-state index in [4.69, 9.17) is 4.74 Å². The van der Waals surface area contributed by atoms with Crippen LogP contribution in [0.5, 0.6) is 0 Å². The predicted octanol–water partition coefficient (Wildman–Crippen LogP) is -0.720. The highest BCUT2D eigenvalue weighted by molar-refractivity contribution is 5.73. The molecule has 0 saturated carbocycles. The van der Waals surface area contributed by atoms with Gasteiger partial charge in [-0.05, 0) is 6.92 Å². The van der Waals surface area contributed by atoms with Crippen molar-refractivity contribution in [3.63, 3.8) is 0 Å². The Hall–Kier alpha value is -2.30. The van der Waals surface area contributed by atoms with Crippen LogP contribution in [-0.2, 0) is 11.8 Å². The highest BCUT2D eigenvalue weighted by atomic mass is 19.1. The number of rotatable bonds is 2. The second-order valence-electron chi connectivity index (χ2n) is 5.92. The van der Waals surface area contributed by atoms with Gasteiger partial charge in [0.1, 0.15) is 12.2 Å². The van der Waals surface area contributed by atoms with Crippen molar-refractivity contribution in [3.8, 4) is 0 Å². The molecular weight excluding hydrogens is 321 g/mol. The van der Waals surface area contributed by atoms with Gasteiger partial charge in [-0.2, -0.15) is 0 Å². The third-order valence-electron chi connectivity index (χ3n) is 4.36. The summed E-state index contributed by atoms with van der Waals surface area (Å²) in [7, 11) is 1.68. The molecule has 0 aromatic carbocycles. The van der Waals surface area contributed by atoms with Crippen molar-refractivity contribution in [2.75, 3.05) is 6.61 Å². The maximum absolute atomic E-state index is 14.4. The third kappa shape index (κ3) is 1.87. The zero-order valence-corrected chi connectivity index (χ0v) is 13.0. The molecular formula is C14H16FN5O4. The maximum atomic E-state index is 14.4. The Morgan fingerprint density at radius 2 is 2.21 bits per heavy atom. The fourth-order valence-electron chi connectivity index (χ4n) is 3.18. The van der Waals surface area contributed by atoms with Gasteiger partial charge >= 0.3 is 0 Å². The second-order valence-corrected chi connectivity index (χ2v) is 5.92. The van der Waals surface area contributed by atoms with Gasteiger partial charge < -0.3 is 14.9 Å². The number of imidazole rings is 2. The number of hydrogen-bond donors (Lipinski definition) is 2. The van der Waals surface area contributed by atoms with E-state index in [2.05, 4.69) is 9.97 Å². The monoisotopic (exact) mass is 337 g/mol. The van der Waals surface area contributed by atoms with Crippen LogP contribution in [0.25, 0.3) is 16.9 Å². The Labute approximate surface area is 134 Å². The minimum Gasteiger partial charge on any atom is -0.394 e. The zero-order chi connectivity index (χ0) is 17.2. The molecule has 4 atom stereocenters. The van der Waals surface area contributed by atoms with Crippen molar-refractivity contribution in [1.82, 2.24) is 23.5 Å². The summed E-state index contributed by atoms with van der Waals surface area (Å²) >= 11 is 0. The summed E-state index contributed by atoms with van der Waals surface area (Å²) in [6.07, 6.45) is -2.53. The predicted molar refractivity (Wildman–Crippen MR) is 80.4 cm³/mol. The number of aliphatic hydroxyl groups excluding tert-OH is 2. The van der Waals surface area contributed by atoms with Gasteiger partial charge in [-0.15, -0.1) is 0 Å². The molecule has 0 spiro atoms. The average molecular weight is 337 g/mol. The summed E-state index contributed by atoms with van der Waals surface area (Å²) in [6.45, 7) is 1.26. The van der Waals surface area contributed by atoms with E-state index < -0.39 is 31.2 Å². The van der Waals surface area contributed by atoms with E-state index in [1.54, 1.807) is 24.7 Å². The lowest BCUT2D eigenvalue weighted by Gasteiger charge is -2.17. The molecule has 1 unspecified atom stereocenters. The number of hydrogen-bond acceptors (Lipinski definition) is 6. The van der Waals surface area contributed by atoms with Gasteiger partial charge in [0.15, 0.2) is 23.6 Å². The number of aromatic nitrogens is 5. The van der Waals surface area contributed by atoms with Crippen LogP contribution < -0.4 is 5.56 Å². The van der Waals surface area contributed by atoms with Gasteiger partial charge in [-0.3, -0.25) is 13.9 Å². The van der Waals surface area contributed by atoms with E-state index in [0.717, 1.165) is 0 Å². The van der Waals surface area contributed by atoms with Gasteiger partial charge in [0.05, 0.1) is 18.6 Å². The molecule has 24 heavy (non-hydrogen) atoms. The lowest BCUT2D eigenvalue weighted by atomic mass is 10.1.